The molecule has 0 aliphatic rings. The number of azo groups is 1. The summed E-state index contributed by atoms with van der Waals surface area (Å²) in [6.07, 6.45) is 0. The number of halogens is 1. The Morgan fingerprint density at radius 2 is 1.68 bits per heavy atom. The fraction of sp³-hybridized carbons (Fsp3) is 0.143. The van der Waals surface area contributed by atoms with E-state index in [4.69, 9.17) is 10.5 Å². The van der Waals surface area contributed by atoms with E-state index in [1.54, 1.807) is 18.2 Å². The van der Waals surface area contributed by atoms with Crippen LogP contribution in [0.25, 0.3) is 0 Å². The van der Waals surface area contributed by atoms with E-state index in [-0.39, 0.29) is 0 Å². The maximum absolute atomic E-state index is 5.80. The first-order valence-corrected chi connectivity index (χ1v) is 6.68. The number of nitrogen functional groups attached to an aromatic ring is 1. The Bertz CT molecular complexity index is 582. The van der Waals surface area contributed by atoms with E-state index in [1.807, 2.05) is 31.2 Å². The smallest absolute Gasteiger partial charge is 0.144 e. The Morgan fingerprint density at radius 3 is 2.37 bits per heavy atom. The predicted octanol–water partition coefficient (Wildman–Crippen LogP) is 4.85. The third-order valence-corrected chi connectivity index (χ3v) is 2.93. The molecule has 4 nitrogen and oxygen atoms in total. The summed E-state index contributed by atoms with van der Waals surface area (Å²) in [4.78, 5) is 0. The standard InChI is InChI=1S/C14H14BrN3O/c1-2-19-14-9-12(7-8-13(14)16)18-17-11-5-3-10(15)4-6-11/h3-9H,2,16H2,1H3. The van der Waals surface area contributed by atoms with Gasteiger partial charge in [-0.15, -0.1) is 0 Å². The number of hydrogen-bond donors (Lipinski definition) is 1. The molecule has 0 aliphatic carbocycles. The Labute approximate surface area is 120 Å². The SMILES string of the molecule is CCOc1cc(N=Nc2ccc(Br)cc2)ccc1N. The van der Waals surface area contributed by atoms with Crippen molar-refractivity contribution in [2.24, 2.45) is 10.2 Å². The van der Waals surface area contributed by atoms with Crippen molar-refractivity contribution in [3.05, 3.63) is 46.9 Å². The molecular formula is C14H14BrN3O. The molecule has 0 unspecified atom stereocenters. The van der Waals surface area contributed by atoms with Crippen molar-refractivity contribution in [3.63, 3.8) is 0 Å². The molecule has 98 valence electrons. The molecule has 0 bridgehead atoms. The first-order chi connectivity index (χ1) is 9.19. The van der Waals surface area contributed by atoms with Gasteiger partial charge in [0.2, 0.25) is 0 Å². The van der Waals surface area contributed by atoms with Gasteiger partial charge < -0.3 is 10.5 Å². The molecule has 5 heteroatoms. The van der Waals surface area contributed by atoms with Gasteiger partial charge in [0.1, 0.15) is 5.75 Å². The summed E-state index contributed by atoms with van der Waals surface area (Å²) in [5.74, 6) is 0.634. The number of nitrogens with two attached hydrogens (primary N) is 1. The van der Waals surface area contributed by atoms with Gasteiger partial charge >= 0.3 is 0 Å². The molecule has 19 heavy (non-hydrogen) atoms. The topological polar surface area (TPSA) is 60.0 Å². The molecule has 0 atom stereocenters. The average Bonchev–Trinajstić information content (AvgIpc) is 2.42. The minimum Gasteiger partial charge on any atom is -0.492 e. The molecular weight excluding hydrogens is 306 g/mol. The van der Waals surface area contributed by atoms with Crippen molar-refractivity contribution >= 4 is 33.0 Å². The van der Waals surface area contributed by atoms with Gasteiger partial charge in [-0.1, -0.05) is 15.9 Å². The van der Waals surface area contributed by atoms with Crippen LogP contribution in [0.4, 0.5) is 17.1 Å². The molecule has 2 rings (SSSR count). The second-order valence-electron chi connectivity index (χ2n) is 3.83. The lowest BCUT2D eigenvalue weighted by Gasteiger charge is -2.06. The van der Waals surface area contributed by atoms with E-state index in [0.717, 1.165) is 10.2 Å². The quantitative estimate of drug-likeness (QED) is 0.647. The van der Waals surface area contributed by atoms with Crippen LogP contribution in [0, 0.1) is 0 Å². The second kappa shape index (κ2) is 6.33. The van der Waals surface area contributed by atoms with Crippen molar-refractivity contribution in [2.75, 3.05) is 12.3 Å². The Kier molecular flexibility index (Phi) is 4.52. The number of ether oxygens (including phenoxy) is 1. The van der Waals surface area contributed by atoms with Crippen molar-refractivity contribution in [1.82, 2.24) is 0 Å². The van der Waals surface area contributed by atoms with Gasteiger partial charge in [0, 0.05) is 10.5 Å². The highest BCUT2D eigenvalue weighted by molar-refractivity contribution is 9.10. The van der Waals surface area contributed by atoms with Crippen LogP contribution in [-0.4, -0.2) is 6.61 Å². The molecule has 0 heterocycles. The summed E-state index contributed by atoms with van der Waals surface area (Å²) in [5, 5.41) is 8.32. The minimum absolute atomic E-state index is 0.567. The fourth-order valence-corrected chi connectivity index (χ4v) is 1.75. The normalized spacial score (nSPS) is 10.8. The van der Waals surface area contributed by atoms with E-state index in [9.17, 15) is 0 Å². The summed E-state index contributed by atoms with van der Waals surface area (Å²) in [5.41, 5.74) is 7.90. The lowest BCUT2D eigenvalue weighted by atomic mass is 10.2. The van der Waals surface area contributed by atoms with E-state index in [1.165, 1.54) is 0 Å². The molecule has 0 saturated heterocycles. The molecule has 2 aromatic carbocycles. The van der Waals surface area contributed by atoms with Gasteiger partial charge in [-0.3, -0.25) is 0 Å². The Morgan fingerprint density at radius 1 is 1.05 bits per heavy atom. The molecule has 0 aromatic heterocycles. The van der Waals surface area contributed by atoms with Crippen molar-refractivity contribution in [3.8, 4) is 5.75 Å². The summed E-state index contributed by atoms with van der Waals surface area (Å²) in [6, 6.07) is 13.0. The zero-order valence-corrected chi connectivity index (χ0v) is 12.1. The molecule has 0 saturated carbocycles. The maximum atomic E-state index is 5.80. The molecule has 0 radical (unpaired) electrons. The molecule has 0 amide bonds. The van der Waals surface area contributed by atoms with Crippen molar-refractivity contribution in [2.45, 2.75) is 6.92 Å². The van der Waals surface area contributed by atoms with Crippen LogP contribution in [0.5, 0.6) is 5.75 Å². The van der Waals surface area contributed by atoms with Crippen LogP contribution in [0.1, 0.15) is 6.92 Å². The van der Waals surface area contributed by atoms with Crippen LogP contribution in [0.3, 0.4) is 0 Å². The van der Waals surface area contributed by atoms with Crippen LogP contribution in [-0.2, 0) is 0 Å². The number of anilines is 1. The van der Waals surface area contributed by atoms with Crippen molar-refractivity contribution < 1.29 is 4.74 Å². The van der Waals surface area contributed by atoms with Gasteiger partial charge in [0.25, 0.3) is 0 Å². The lowest BCUT2D eigenvalue weighted by Crippen LogP contribution is -1.95. The summed E-state index contributed by atoms with van der Waals surface area (Å²) >= 11 is 3.37. The number of nitrogens with zero attached hydrogens (tertiary/aromatic N) is 2. The monoisotopic (exact) mass is 319 g/mol. The lowest BCUT2D eigenvalue weighted by molar-refractivity contribution is 0.342. The number of benzene rings is 2. The van der Waals surface area contributed by atoms with Crippen LogP contribution < -0.4 is 10.5 Å². The molecule has 0 spiro atoms. The zero-order valence-electron chi connectivity index (χ0n) is 10.5. The summed E-state index contributed by atoms with van der Waals surface area (Å²) < 4.78 is 6.42. The highest BCUT2D eigenvalue weighted by Crippen LogP contribution is 2.28. The van der Waals surface area contributed by atoms with Crippen LogP contribution >= 0.6 is 15.9 Å². The Balaban J connectivity index is 2.18. The number of rotatable bonds is 4. The number of hydrogen-bond acceptors (Lipinski definition) is 4. The maximum Gasteiger partial charge on any atom is 0.144 e. The predicted molar refractivity (Wildman–Crippen MR) is 80.3 cm³/mol. The highest BCUT2D eigenvalue weighted by atomic mass is 79.9. The molecule has 2 N–H and O–H groups in total. The van der Waals surface area contributed by atoms with Gasteiger partial charge in [0.05, 0.1) is 23.7 Å². The largest absolute Gasteiger partial charge is 0.492 e. The van der Waals surface area contributed by atoms with Crippen molar-refractivity contribution in [1.29, 1.82) is 0 Å². The highest BCUT2D eigenvalue weighted by Gasteiger charge is 2.01. The average molecular weight is 320 g/mol. The van der Waals surface area contributed by atoms with E-state index in [2.05, 4.69) is 26.2 Å². The van der Waals surface area contributed by atoms with Crippen LogP contribution in [0.15, 0.2) is 57.2 Å². The summed E-state index contributed by atoms with van der Waals surface area (Å²) in [7, 11) is 0. The Hall–Kier alpha value is -1.88. The molecule has 0 fully saturated rings. The first kappa shape index (κ1) is 13.5. The van der Waals surface area contributed by atoms with Gasteiger partial charge in [-0.05, 0) is 43.3 Å². The zero-order chi connectivity index (χ0) is 13.7. The second-order valence-corrected chi connectivity index (χ2v) is 4.75. The van der Waals surface area contributed by atoms with E-state index < -0.39 is 0 Å². The summed E-state index contributed by atoms with van der Waals surface area (Å²) in [6.45, 7) is 2.48. The van der Waals surface area contributed by atoms with Crippen LogP contribution in [0.2, 0.25) is 0 Å². The fourth-order valence-electron chi connectivity index (χ4n) is 1.49. The third-order valence-electron chi connectivity index (χ3n) is 2.40. The first-order valence-electron chi connectivity index (χ1n) is 5.88. The van der Waals surface area contributed by atoms with E-state index in [0.29, 0.717) is 23.7 Å². The third kappa shape index (κ3) is 3.79. The molecule has 0 aliphatic heterocycles. The van der Waals surface area contributed by atoms with Gasteiger partial charge in [-0.2, -0.15) is 10.2 Å². The van der Waals surface area contributed by atoms with E-state index >= 15 is 0 Å². The van der Waals surface area contributed by atoms with Gasteiger partial charge in [-0.25, -0.2) is 0 Å². The molecule has 2 aromatic rings. The van der Waals surface area contributed by atoms with Gasteiger partial charge in [0.15, 0.2) is 0 Å². The minimum atomic E-state index is 0.567.